The minimum absolute atomic E-state index is 0.000757. The largest absolute Gasteiger partial charge is 0.455 e. The molecule has 0 aliphatic carbocycles. The maximum atomic E-state index is 13.2. The number of hydrogen-bond acceptors (Lipinski definition) is 7. The number of pyridine rings is 2. The zero-order chi connectivity index (χ0) is 23.9. The molecule has 0 amide bonds. The quantitative estimate of drug-likeness (QED) is 0.403. The lowest BCUT2D eigenvalue weighted by atomic mass is 9.99. The molecule has 4 rings (SSSR count). The highest BCUT2D eigenvalue weighted by Gasteiger charge is 2.22. The first-order valence-electron chi connectivity index (χ1n) is 10.0. The summed E-state index contributed by atoms with van der Waals surface area (Å²) in [6.45, 7) is 5.41. The first-order valence-corrected chi connectivity index (χ1v) is 11.9. The average Bonchev–Trinajstić information content (AvgIpc) is 2.77. The predicted molar refractivity (Wildman–Crippen MR) is 128 cm³/mol. The van der Waals surface area contributed by atoms with Gasteiger partial charge in [-0.1, -0.05) is 17.7 Å². The number of nitrogens with one attached hydrogen (secondary N) is 1. The molecule has 0 spiro atoms. The monoisotopic (exact) mass is 484 g/mol. The molecule has 4 aromatic rings. The number of fused-ring (bicyclic) bond motifs is 1. The number of nitrogens with zero attached hydrogens (tertiary/aromatic N) is 2. The normalized spacial score (nSPS) is 12.6. The number of sulfonamides is 1. The molecule has 0 aliphatic rings. The number of nitrogens with two attached hydrogens (primary N) is 1. The Morgan fingerprint density at radius 3 is 2.61 bits per heavy atom. The van der Waals surface area contributed by atoms with Gasteiger partial charge in [-0.2, -0.15) is 0 Å². The maximum absolute atomic E-state index is 13.2. The summed E-state index contributed by atoms with van der Waals surface area (Å²) < 4.78 is 30.3. The van der Waals surface area contributed by atoms with Crippen molar-refractivity contribution in [3.63, 3.8) is 0 Å². The van der Waals surface area contributed by atoms with E-state index in [0.717, 1.165) is 5.56 Å². The van der Waals surface area contributed by atoms with Gasteiger partial charge in [-0.15, -0.1) is 0 Å². The summed E-state index contributed by atoms with van der Waals surface area (Å²) in [5.74, 6) is 0.427. The van der Waals surface area contributed by atoms with Crippen LogP contribution in [0, 0.1) is 13.8 Å². The van der Waals surface area contributed by atoms with Crippen LogP contribution in [0.15, 0.2) is 63.0 Å². The third-order valence-electron chi connectivity index (χ3n) is 5.25. The van der Waals surface area contributed by atoms with Crippen molar-refractivity contribution in [2.24, 2.45) is 5.14 Å². The second-order valence-electron chi connectivity index (χ2n) is 7.76. The fourth-order valence-electron chi connectivity index (χ4n) is 3.72. The number of benzene rings is 1. The number of primary sulfonamides is 1. The van der Waals surface area contributed by atoms with Crippen molar-refractivity contribution in [1.82, 2.24) is 9.97 Å². The van der Waals surface area contributed by atoms with Gasteiger partial charge in [-0.25, -0.2) is 18.5 Å². The molecule has 3 aromatic heterocycles. The molecule has 0 fully saturated rings. The van der Waals surface area contributed by atoms with Gasteiger partial charge in [-0.05, 0) is 56.7 Å². The van der Waals surface area contributed by atoms with Crippen molar-refractivity contribution in [3.8, 4) is 11.3 Å². The molecular formula is C23H21ClN4O4S. The van der Waals surface area contributed by atoms with E-state index in [1.807, 2.05) is 26.0 Å². The smallest absolute Gasteiger partial charge is 0.257 e. The van der Waals surface area contributed by atoms with Crippen molar-refractivity contribution >= 4 is 38.3 Å². The molecule has 0 unspecified atom stereocenters. The predicted octanol–water partition coefficient (Wildman–Crippen LogP) is 4.34. The SMILES string of the molecule is Cc1cc([C@@H](C)Nc2ccc(Cl)nc2S(N)(=O)=O)c2oc(-c3cccnc3)c(C)c(=O)c2c1. The van der Waals surface area contributed by atoms with Crippen LogP contribution in [0.4, 0.5) is 5.69 Å². The summed E-state index contributed by atoms with van der Waals surface area (Å²) in [5.41, 5.74) is 3.12. The topological polar surface area (TPSA) is 128 Å². The Bertz CT molecular complexity index is 1540. The zero-order valence-electron chi connectivity index (χ0n) is 18.1. The fourth-order valence-corrected chi connectivity index (χ4v) is 4.57. The first kappa shape index (κ1) is 22.9. The standard InChI is InChI=1S/C23H21ClN4O4S/c1-12-9-16(14(3)27-18-6-7-19(24)28-23(18)33(25,30)31)22-17(10-12)20(29)13(2)21(32-22)15-5-4-8-26-11-15/h4-11,14,27H,1-3H3,(H2,25,30,31)/t14-/m1/s1. The minimum atomic E-state index is -4.13. The summed E-state index contributed by atoms with van der Waals surface area (Å²) >= 11 is 5.87. The molecule has 33 heavy (non-hydrogen) atoms. The van der Waals surface area contributed by atoms with Gasteiger partial charge in [0.15, 0.2) is 10.5 Å². The van der Waals surface area contributed by atoms with Gasteiger partial charge in [0.05, 0.1) is 17.1 Å². The Labute approximate surface area is 195 Å². The summed E-state index contributed by atoms with van der Waals surface area (Å²) in [7, 11) is -4.13. The van der Waals surface area contributed by atoms with Crippen LogP contribution in [-0.4, -0.2) is 18.4 Å². The molecule has 0 saturated heterocycles. The Morgan fingerprint density at radius 1 is 1.18 bits per heavy atom. The molecule has 3 N–H and O–H groups in total. The van der Waals surface area contributed by atoms with Crippen LogP contribution in [0.25, 0.3) is 22.3 Å². The molecule has 3 heterocycles. The molecule has 0 radical (unpaired) electrons. The van der Waals surface area contributed by atoms with Crippen LogP contribution in [-0.2, 0) is 10.0 Å². The van der Waals surface area contributed by atoms with Crippen LogP contribution >= 0.6 is 11.6 Å². The fraction of sp³-hybridized carbons (Fsp3) is 0.174. The molecule has 10 heteroatoms. The van der Waals surface area contributed by atoms with Crippen LogP contribution in [0.2, 0.25) is 5.15 Å². The van der Waals surface area contributed by atoms with E-state index >= 15 is 0 Å². The molecule has 170 valence electrons. The van der Waals surface area contributed by atoms with E-state index in [2.05, 4.69) is 15.3 Å². The van der Waals surface area contributed by atoms with Gasteiger partial charge >= 0.3 is 0 Å². The second kappa shape index (κ2) is 8.58. The van der Waals surface area contributed by atoms with E-state index in [4.69, 9.17) is 21.2 Å². The molecule has 0 aliphatic heterocycles. The molecule has 1 aromatic carbocycles. The summed E-state index contributed by atoms with van der Waals surface area (Å²) in [5, 5.41) is 8.51. The van der Waals surface area contributed by atoms with Crippen LogP contribution < -0.4 is 15.9 Å². The van der Waals surface area contributed by atoms with Crippen molar-refractivity contribution in [3.05, 3.63) is 80.9 Å². The van der Waals surface area contributed by atoms with Crippen LogP contribution in [0.3, 0.4) is 0 Å². The Balaban J connectivity index is 1.90. The molecule has 1 atom stereocenters. The maximum Gasteiger partial charge on any atom is 0.257 e. The summed E-state index contributed by atoms with van der Waals surface area (Å²) in [4.78, 5) is 21.2. The highest BCUT2D eigenvalue weighted by molar-refractivity contribution is 7.89. The van der Waals surface area contributed by atoms with E-state index in [1.165, 1.54) is 12.1 Å². The minimum Gasteiger partial charge on any atom is -0.455 e. The molecular weight excluding hydrogens is 464 g/mol. The number of anilines is 1. The molecule has 0 saturated carbocycles. The first-order chi connectivity index (χ1) is 15.6. The number of rotatable bonds is 5. The Hall–Kier alpha value is -3.27. The third kappa shape index (κ3) is 4.47. The summed E-state index contributed by atoms with van der Waals surface area (Å²) in [6, 6.07) is 9.72. The number of halogens is 1. The lowest BCUT2D eigenvalue weighted by molar-refractivity contribution is 0.594. The number of aryl methyl sites for hydroxylation is 1. The van der Waals surface area contributed by atoms with Crippen molar-refractivity contribution in [2.75, 3.05) is 5.32 Å². The van der Waals surface area contributed by atoms with E-state index in [9.17, 15) is 13.2 Å². The van der Waals surface area contributed by atoms with Crippen molar-refractivity contribution < 1.29 is 12.8 Å². The van der Waals surface area contributed by atoms with Gasteiger partial charge in [-0.3, -0.25) is 9.78 Å². The second-order valence-corrected chi connectivity index (χ2v) is 9.62. The van der Waals surface area contributed by atoms with E-state index in [1.54, 1.807) is 31.5 Å². The van der Waals surface area contributed by atoms with Gasteiger partial charge in [0.25, 0.3) is 10.0 Å². The van der Waals surface area contributed by atoms with Gasteiger partial charge < -0.3 is 9.73 Å². The zero-order valence-corrected chi connectivity index (χ0v) is 19.7. The van der Waals surface area contributed by atoms with E-state index < -0.39 is 16.1 Å². The summed E-state index contributed by atoms with van der Waals surface area (Å²) in [6.07, 6.45) is 3.27. The van der Waals surface area contributed by atoms with Gasteiger partial charge in [0.1, 0.15) is 16.5 Å². The van der Waals surface area contributed by atoms with Gasteiger partial charge in [0.2, 0.25) is 0 Å². The Kier molecular flexibility index (Phi) is 5.96. The Morgan fingerprint density at radius 2 is 1.94 bits per heavy atom. The van der Waals surface area contributed by atoms with E-state index in [-0.39, 0.29) is 21.3 Å². The van der Waals surface area contributed by atoms with E-state index in [0.29, 0.717) is 33.4 Å². The van der Waals surface area contributed by atoms with Gasteiger partial charge in [0, 0.05) is 29.1 Å². The lowest BCUT2D eigenvalue weighted by Gasteiger charge is -2.20. The average molecular weight is 485 g/mol. The number of hydrogen-bond donors (Lipinski definition) is 2. The highest BCUT2D eigenvalue weighted by Crippen LogP contribution is 2.33. The highest BCUT2D eigenvalue weighted by atomic mass is 35.5. The number of aromatic nitrogens is 2. The van der Waals surface area contributed by atoms with Crippen LogP contribution in [0.1, 0.15) is 29.7 Å². The molecule has 0 bridgehead atoms. The van der Waals surface area contributed by atoms with Crippen molar-refractivity contribution in [2.45, 2.75) is 31.8 Å². The molecule has 8 nitrogen and oxygen atoms in total. The van der Waals surface area contributed by atoms with Crippen molar-refractivity contribution in [1.29, 1.82) is 0 Å². The third-order valence-corrected chi connectivity index (χ3v) is 6.31. The lowest BCUT2D eigenvalue weighted by Crippen LogP contribution is -2.18. The van der Waals surface area contributed by atoms with Crippen LogP contribution in [0.5, 0.6) is 0 Å².